The number of hydrogen-bond acceptors (Lipinski definition) is 2. The molecule has 0 bridgehead atoms. The van der Waals surface area contributed by atoms with Gasteiger partial charge < -0.3 is 9.47 Å². The van der Waals surface area contributed by atoms with Crippen LogP contribution in [0.15, 0.2) is 60.7 Å². The zero-order chi connectivity index (χ0) is 17.3. The Hall–Kier alpha value is -1.64. The second-order valence-electron chi connectivity index (χ2n) is 7.42. The molecule has 1 aliphatic carbocycles. The van der Waals surface area contributed by atoms with Crippen molar-refractivity contribution in [1.82, 2.24) is 0 Å². The van der Waals surface area contributed by atoms with E-state index in [1.165, 1.54) is 17.5 Å². The van der Waals surface area contributed by atoms with E-state index in [0.717, 1.165) is 39.1 Å². The predicted octanol–water partition coefficient (Wildman–Crippen LogP) is 5.27. The Balaban J connectivity index is 1.22. The van der Waals surface area contributed by atoms with Gasteiger partial charge in [-0.15, -0.1) is 0 Å². The Morgan fingerprint density at radius 2 is 1.56 bits per heavy atom. The van der Waals surface area contributed by atoms with E-state index in [2.05, 4.69) is 61.5 Å². The molecule has 3 rings (SSSR count). The molecule has 134 valence electrons. The molecular formula is C23H30O2. The minimum atomic E-state index is 0.449. The maximum atomic E-state index is 6.07. The molecular weight excluding hydrogens is 308 g/mol. The van der Waals surface area contributed by atoms with Crippen molar-refractivity contribution in [3.63, 3.8) is 0 Å². The molecule has 0 spiro atoms. The maximum absolute atomic E-state index is 6.07. The zero-order valence-electron chi connectivity index (χ0n) is 15.3. The largest absolute Gasteiger partial charge is 0.378 e. The topological polar surface area (TPSA) is 18.5 Å². The highest BCUT2D eigenvalue weighted by atomic mass is 16.5. The van der Waals surface area contributed by atoms with Gasteiger partial charge >= 0.3 is 0 Å². The lowest BCUT2D eigenvalue weighted by Crippen LogP contribution is -2.35. The number of benzene rings is 2. The first-order valence-electron chi connectivity index (χ1n) is 9.57. The Kier molecular flexibility index (Phi) is 7.08. The minimum absolute atomic E-state index is 0.449. The maximum Gasteiger partial charge on any atom is 0.0717 e. The fourth-order valence-corrected chi connectivity index (χ4v) is 3.31. The molecule has 0 saturated heterocycles. The van der Waals surface area contributed by atoms with Crippen LogP contribution >= 0.6 is 0 Å². The van der Waals surface area contributed by atoms with Crippen molar-refractivity contribution in [2.24, 2.45) is 11.8 Å². The van der Waals surface area contributed by atoms with E-state index >= 15 is 0 Å². The van der Waals surface area contributed by atoms with Crippen molar-refractivity contribution in [2.75, 3.05) is 13.2 Å². The van der Waals surface area contributed by atoms with Gasteiger partial charge in [0.05, 0.1) is 19.3 Å². The molecule has 0 unspecified atom stereocenters. The van der Waals surface area contributed by atoms with Crippen LogP contribution in [0.3, 0.4) is 0 Å². The van der Waals surface area contributed by atoms with Crippen LogP contribution in [0.25, 0.3) is 0 Å². The number of rotatable bonds is 10. The summed E-state index contributed by atoms with van der Waals surface area (Å²) in [5.41, 5.74) is 2.68. The molecule has 2 aromatic rings. The van der Waals surface area contributed by atoms with E-state index in [1.54, 1.807) is 0 Å². The number of hydrogen-bond donors (Lipinski definition) is 0. The molecule has 25 heavy (non-hydrogen) atoms. The standard InChI is InChI=1S/C23H30O2/c1-19(12-13-20-8-4-2-5-9-20)16-25-23-14-22(15-23)18-24-17-21-10-6-3-7-11-21/h2-11,19,22-23H,12-18H2,1H3/t19-,22?,23?/m1/s1. The van der Waals surface area contributed by atoms with Crippen LogP contribution in [0, 0.1) is 11.8 Å². The van der Waals surface area contributed by atoms with Gasteiger partial charge in [0.15, 0.2) is 0 Å². The molecule has 0 aromatic heterocycles. The second-order valence-corrected chi connectivity index (χ2v) is 7.42. The monoisotopic (exact) mass is 338 g/mol. The van der Waals surface area contributed by atoms with Gasteiger partial charge in [-0.25, -0.2) is 0 Å². The summed E-state index contributed by atoms with van der Waals surface area (Å²) >= 11 is 0. The van der Waals surface area contributed by atoms with Gasteiger partial charge in [-0.05, 0) is 48.6 Å². The number of ether oxygens (including phenoxy) is 2. The second kappa shape index (κ2) is 9.74. The van der Waals surface area contributed by atoms with Crippen molar-refractivity contribution in [3.05, 3.63) is 71.8 Å². The Bertz CT molecular complexity index is 590. The lowest BCUT2D eigenvalue weighted by Gasteiger charge is -2.35. The van der Waals surface area contributed by atoms with Crippen molar-refractivity contribution in [1.29, 1.82) is 0 Å². The first-order valence-corrected chi connectivity index (χ1v) is 9.57. The quantitative estimate of drug-likeness (QED) is 0.588. The van der Waals surface area contributed by atoms with E-state index in [4.69, 9.17) is 9.47 Å². The smallest absolute Gasteiger partial charge is 0.0717 e. The molecule has 2 heteroatoms. The van der Waals surface area contributed by atoms with Gasteiger partial charge in [0.25, 0.3) is 0 Å². The van der Waals surface area contributed by atoms with E-state index in [1.807, 2.05) is 6.07 Å². The highest BCUT2D eigenvalue weighted by Gasteiger charge is 2.30. The molecule has 2 nitrogen and oxygen atoms in total. The third-order valence-corrected chi connectivity index (χ3v) is 5.04. The lowest BCUT2D eigenvalue weighted by atomic mass is 9.83. The molecule has 0 aliphatic heterocycles. The fourth-order valence-electron chi connectivity index (χ4n) is 3.31. The predicted molar refractivity (Wildman–Crippen MR) is 102 cm³/mol. The molecule has 1 aliphatic rings. The van der Waals surface area contributed by atoms with Crippen LogP contribution in [-0.2, 0) is 22.5 Å². The lowest BCUT2D eigenvalue weighted by molar-refractivity contribution is -0.0675. The van der Waals surface area contributed by atoms with Gasteiger partial charge in [0, 0.05) is 6.61 Å². The summed E-state index contributed by atoms with van der Waals surface area (Å²) in [6, 6.07) is 21.1. The molecule has 0 N–H and O–H groups in total. The summed E-state index contributed by atoms with van der Waals surface area (Å²) in [7, 11) is 0. The highest BCUT2D eigenvalue weighted by Crippen LogP contribution is 2.31. The molecule has 0 heterocycles. The van der Waals surface area contributed by atoms with Crippen molar-refractivity contribution in [3.8, 4) is 0 Å². The fraction of sp³-hybridized carbons (Fsp3) is 0.478. The van der Waals surface area contributed by atoms with E-state index < -0.39 is 0 Å². The van der Waals surface area contributed by atoms with Crippen LogP contribution < -0.4 is 0 Å². The molecule has 2 aromatic carbocycles. The van der Waals surface area contributed by atoms with Crippen LogP contribution in [0.2, 0.25) is 0 Å². The average molecular weight is 338 g/mol. The molecule has 0 radical (unpaired) electrons. The summed E-state index contributed by atoms with van der Waals surface area (Å²) < 4.78 is 11.9. The van der Waals surface area contributed by atoms with E-state index in [0.29, 0.717) is 17.9 Å². The zero-order valence-corrected chi connectivity index (χ0v) is 15.3. The average Bonchev–Trinajstić information content (AvgIpc) is 2.63. The summed E-state index contributed by atoms with van der Waals surface area (Å²) in [6.45, 7) is 4.76. The Morgan fingerprint density at radius 1 is 0.920 bits per heavy atom. The molecule has 1 atom stereocenters. The van der Waals surface area contributed by atoms with Crippen LogP contribution in [0.1, 0.15) is 37.3 Å². The van der Waals surface area contributed by atoms with Crippen molar-refractivity contribution < 1.29 is 9.47 Å². The summed E-state index contributed by atoms with van der Waals surface area (Å²) in [6.07, 6.45) is 5.09. The van der Waals surface area contributed by atoms with Crippen LogP contribution in [0.4, 0.5) is 0 Å². The third-order valence-electron chi connectivity index (χ3n) is 5.04. The summed E-state index contributed by atoms with van der Waals surface area (Å²) in [5, 5.41) is 0. The molecule has 0 amide bonds. The summed E-state index contributed by atoms with van der Waals surface area (Å²) in [5.74, 6) is 1.29. The van der Waals surface area contributed by atoms with Crippen LogP contribution in [0.5, 0.6) is 0 Å². The first-order chi connectivity index (χ1) is 12.3. The third kappa shape index (κ3) is 6.30. The van der Waals surface area contributed by atoms with Gasteiger partial charge in [-0.1, -0.05) is 67.6 Å². The van der Waals surface area contributed by atoms with Gasteiger partial charge in [-0.2, -0.15) is 0 Å². The minimum Gasteiger partial charge on any atom is -0.378 e. The Labute approximate surface area is 152 Å². The van der Waals surface area contributed by atoms with E-state index in [9.17, 15) is 0 Å². The Morgan fingerprint density at radius 3 is 2.24 bits per heavy atom. The molecule has 1 fully saturated rings. The molecule has 1 saturated carbocycles. The van der Waals surface area contributed by atoms with Gasteiger partial charge in [-0.3, -0.25) is 0 Å². The SMILES string of the molecule is C[C@H](CCc1ccccc1)COC1CC(COCc2ccccc2)C1. The van der Waals surface area contributed by atoms with Gasteiger partial charge in [0.2, 0.25) is 0 Å². The van der Waals surface area contributed by atoms with Crippen molar-refractivity contribution in [2.45, 2.75) is 45.3 Å². The normalized spacial score (nSPS) is 20.8. The number of aryl methyl sites for hydroxylation is 1. The van der Waals surface area contributed by atoms with E-state index in [-0.39, 0.29) is 0 Å². The summed E-state index contributed by atoms with van der Waals surface area (Å²) in [4.78, 5) is 0. The van der Waals surface area contributed by atoms with Crippen LogP contribution in [-0.4, -0.2) is 19.3 Å². The highest BCUT2D eigenvalue weighted by molar-refractivity contribution is 5.14. The van der Waals surface area contributed by atoms with Crippen molar-refractivity contribution >= 4 is 0 Å². The first kappa shape index (κ1) is 18.2. The van der Waals surface area contributed by atoms with Gasteiger partial charge in [0.1, 0.15) is 0 Å².